The summed E-state index contributed by atoms with van der Waals surface area (Å²) in [7, 11) is -3.87. The molecule has 6 nitrogen and oxygen atoms in total. The molecule has 0 rings (SSSR count). The molecule has 0 saturated carbocycles. The number of unbranched alkanes of at least 4 members (excludes halogenated alkanes) is 9. The molecule has 0 amide bonds. The van der Waals surface area contributed by atoms with Crippen LogP contribution < -0.4 is 0 Å². The highest BCUT2D eigenvalue weighted by atomic mass is 32.2. The first-order chi connectivity index (χ1) is 14.9. The maximum Gasteiger partial charge on any atom is 0.264 e. The number of hydrogen-bond acceptors (Lipinski definition) is 4. The van der Waals surface area contributed by atoms with Crippen LogP contribution >= 0.6 is 0 Å². The fraction of sp³-hybridized carbons (Fsp3) is 1.00. The molecule has 0 unspecified atom stereocenters. The van der Waals surface area contributed by atoms with E-state index in [-0.39, 0.29) is 5.75 Å². The summed E-state index contributed by atoms with van der Waals surface area (Å²) in [6.45, 7) is 13.4. The molecule has 0 aliphatic heterocycles. The van der Waals surface area contributed by atoms with Crippen molar-refractivity contribution in [3.05, 3.63) is 0 Å². The average Bonchev–Trinajstić information content (AvgIpc) is 2.72. The molecule has 0 aliphatic carbocycles. The summed E-state index contributed by atoms with van der Waals surface area (Å²) in [5.41, 5.74) is 0. The zero-order valence-corrected chi connectivity index (χ0v) is 21.6. The zero-order valence-electron chi connectivity index (χ0n) is 20.8. The topological polar surface area (TPSA) is 72.8 Å². The van der Waals surface area contributed by atoms with Crippen LogP contribution in [0.2, 0.25) is 0 Å². The highest BCUT2D eigenvalue weighted by Crippen LogP contribution is 2.17. The van der Waals surface area contributed by atoms with E-state index in [1.54, 1.807) is 0 Å². The Bertz CT molecular complexity index is 470. The van der Waals surface area contributed by atoms with Crippen LogP contribution in [0.1, 0.15) is 97.8 Å². The van der Waals surface area contributed by atoms with Crippen molar-refractivity contribution in [1.29, 1.82) is 0 Å². The van der Waals surface area contributed by atoms with Gasteiger partial charge in [-0.25, -0.2) is 0 Å². The van der Waals surface area contributed by atoms with Crippen molar-refractivity contribution in [2.75, 3.05) is 58.4 Å². The molecule has 31 heavy (non-hydrogen) atoms. The number of ether oxygens (including phenoxy) is 2. The maximum absolute atomic E-state index is 11.1. The molecule has 0 aliphatic rings. The molecule has 0 atom stereocenters. The van der Waals surface area contributed by atoms with Gasteiger partial charge in [0.25, 0.3) is 10.1 Å². The van der Waals surface area contributed by atoms with Crippen LogP contribution in [-0.2, 0) is 19.6 Å². The van der Waals surface area contributed by atoms with Gasteiger partial charge in [0.2, 0.25) is 0 Å². The smallest absolute Gasteiger partial charge is 0.264 e. The van der Waals surface area contributed by atoms with Crippen LogP contribution in [0.4, 0.5) is 0 Å². The third-order valence-corrected chi connectivity index (χ3v) is 6.85. The fourth-order valence-electron chi connectivity index (χ4n) is 4.13. The first kappa shape index (κ1) is 30.8. The maximum atomic E-state index is 11.1. The van der Waals surface area contributed by atoms with Crippen LogP contribution in [0.5, 0.6) is 0 Å². The van der Waals surface area contributed by atoms with E-state index < -0.39 is 10.1 Å². The van der Waals surface area contributed by atoms with Crippen LogP contribution in [0, 0.1) is 0 Å². The molecule has 7 heteroatoms. The van der Waals surface area contributed by atoms with Gasteiger partial charge < -0.3 is 14.0 Å². The molecular formula is C24H52NO5S+. The quantitative estimate of drug-likeness (QED) is 0.116. The molecular weight excluding hydrogens is 414 g/mol. The van der Waals surface area contributed by atoms with Gasteiger partial charge in [0.1, 0.15) is 6.54 Å². The zero-order chi connectivity index (χ0) is 23.3. The molecule has 0 aromatic carbocycles. The third-order valence-electron chi connectivity index (χ3n) is 6.04. The Morgan fingerprint density at radius 2 is 1.10 bits per heavy atom. The first-order valence-electron chi connectivity index (χ1n) is 12.8. The third kappa shape index (κ3) is 20.1. The van der Waals surface area contributed by atoms with Gasteiger partial charge in [-0.2, -0.15) is 8.42 Å². The van der Waals surface area contributed by atoms with E-state index in [0.29, 0.717) is 26.2 Å². The van der Waals surface area contributed by atoms with Crippen molar-refractivity contribution in [2.45, 2.75) is 97.8 Å². The predicted molar refractivity (Wildman–Crippen MR) is 130 cm³/mol. The Morgan fingerprint density at radius 1 is 0.613 bits per heavy atom. The highest BCUT2D eigenvalue weighted by Gasteiger charge is 2.26. The van der Waals surface area contributed by atoms with Crippen LogP contribution in [-0.4, -0.2) is 75.8 Å². The Hall–Kier alpha value is -0.210. The minimum Gasteiger partial charge on any atom is -0.379 e. The van der Waals surface area contributed by atoms with Crippen LogP contribution in [0.3, 0.4) is 0 Å². The van der Waals surface area contributed by atoms with Gasteiger partial charge in [0, 0.05) is 6.61 Å². The van der Waals surface area contributed by atoms with E-state index >= 15 is 0 Å². The molecule has 0 aromatic rings. The summed E-state index contributed by atoms with van der Waals surface area (Å²) in [4.78, 5) is 0. The van der Waals surface area contributed by atoms with E-state index in [0.717, 1.165) is 43.7 Å². The number of rotatable bonds is 24. The van der Waals surface area contributed by atoms with E-state index in [1.165, 1.54) is 64.2 Å². The predicted octanol–water partition coefficient (Wildman–Crippen LogP) is 5.47. The summed E-state index contributed by atoms with van der Waals surface area (Å²) in [6, 6.07) is 0. The van der Waals surface area contributed by atoms with Crippen LogP contribution in [0.25, 0.3) is 0 Å². The number of nitrogens with zero attached hydrogens (tertiary/aromatic N) is 1. The van der Waals surface area contributed by atoms with Gasteiger partial charge in [-0.1, -0.05) is 52.4 Å². The second-order valence-electron chi connectivity index (χ2n) is 8.87. The lowest BCUT2D eigenvalue weighted by atomic mass is 10.1. The van der Waals surface area contributed by atoms with Crippen molar-refractivity contribution in [2.24, 2.45) is 0 Å². The largest absolute Gasteiger partial charge is 0.379 e. The average molecular weight is 467 g/mol. The lowest BCUT2D eigenvalue weighted by Crippen LogP contribution is -2.52. The SMILES string of the molecule is CCCCCCC[N+](CCCCCCC)(CCCCS(=O)(=O)O)CCOCCOCC. The standard InChI is InChI=1S/C24H51NO5S/c1-4-7-9-11-13-17-25(18-14-12-10-8-5-2,19-15-16-24-31(26,27)28)20-21-30-23-22-29-6-3/h4-24H2,1-3H3/p+1. The van der Waals surface area contributed by atoms with Crippen molar-refractivity contribution < 1.29 is 26.9 Å². The summed E-state index contributed by atoms with van der Waals surface area (Å²) >= 11 is 0. The van der Waals surface area contributed by atoms with Crippen LogP contribution in [0.15, 0.2) is 0 Å². The molecule has 1 N–H and O–H groups in total. The van der Waals surface area contributed by atoms with Crippen molar-refractivity contribution >= 4 is 10.1 Å². The van der Waals surface area contributed by atoms with E-state index in [9.17, 15) is 8.42 Å². The number of quaternary nitrogens is 1. The van der Waals surface area contributed by atoms with Gasteiger partial charge in [0.05, 0.1) is 45.2 Å². The van der Waals surface area contributed by atoms with E-state index in [4.69, 9.17) is 14.0 Å². The fourth-order valence-corrected chi connectivity index (χ4v) is 4.70. The number of hydrogen-bond donors (Lipinski definition) is 1. The van der Waals surface area contributed by atoms with E-state index in [2.05, 4.69) is 13.8 Å². The molecule has 0 bridgehead atoms. The Balaban J connectivity index is 4.85. The van der Waals surface area contributed by atoms with Gasteiger partial charge in [-0.3, -0.25) is 4.55 Å². The van der Waals surface area contributed by atoms with Gasteiger partial charge in [-0.15, -0.1) is 0 Å². The molecule has 0 aromatic heterocycles. The van der Waals surface area contributed by atoms with Crippen molar-refractivity contribution in [3.63, 3.8) is 0 Å². The highest BCUT2D eigenvalue weighted by molar-refractivity contribution is 7.85. The lowest BCUT2D eigenvalue weighted by Gasteiger charge is -2.39. The molecule has 0 saturated heterocycles. The normalized spacial score (nSPS) is 12.5. The lowest BCUT2D eigenvalue weighted by molar-refractivity contribution is -0.929. The van der Waals surface area contributed by atoms with E-state index in [1.807, 2.05) is 6.92 Å². The minimum absolute atomic E-state index is 0.134. The Kier molecular flexibility index (Phi) is 20.3. The molecule has 0 radical (unpaired) electrons. The molecule has 188 valence electrons. The summed E-state index contributed by atoms with van der Waals surface area (Å²) in [6.07, 6.45) is 14.0. The second-order valence-corrected chi connectivity index (χ2v) is 10.4. The molecule has 0 heterocycles. The van der Waals surface area contributed by atoms with Gasteiger partial charge in [-0.05, 0) is 45.4 Å². The summed E-state index contributed by atoms with van der Waals surface area (Å²) in [5.74, 6) is -0.134. The first-order valence-corrected chi connectivity index (χ1v) is 14.5. The Labute approximate surface area is 193 Å². The van der Waals surface area contributed by atoms with Gasteiger partial charge >= 0.3 is 0 Å². The minimum atomic E-state index is -3.87. The monoisotopic (exact) mass is 466 g/mol. The Morgan fingerprint density at radius 3 is 1.58 bits per heavy atom. The van der Waals surface area contributed by atoms with Crippen molar-refractivity contribution in [1.82, 2.24) is 0 Å². The molecule has 0 fully saturated rings. The molecule has 0 spiro atoms. The second kappa shape index (κ2) is 20.4. The van der Waals surface area contributed by atoms with Gasteiger partial charge in [0.15, 0.2) is 0 Å². The summed E-state index contributed by atoms with van der Waals surface area (Å²) < 4.78 is 43.6. The summed E-state index contributed by atoms with van der Waals surface area (Å²) in [5, 5.41) is 0. The van der Waals surface area contributed by atoms with Crippen molar-refractivity contribution in [3.8, 4) is 0 Å².